The maximum atomic E-state index is 12.2. The van der Waals surface area contributed by atoms with Gasteiger partial charge in [0.15, 0.2) is 0 Å². The van der Waals surface area contributed by atoms with Gasteiger partial charge in [0, 0.05) is 18.7 Å². The molecule has 0 aliphatic carbocycles. The Morgan fingerprint density at radius 3 is 2.20 bits per heavy atom. The summed E-state index contributed by atoms with van der Waals surface area (Å²) in [7, 11) is 0. The van der Waals surface area contributed by atoms with E-state index in [1.807, 2.05) is 54.6 Å². The molecule has 0 aliphatic heterocycles. The fourth-order valence-electron chi connectivity index (χ4n) is 2.62. The number of carbonyl (C=O) groups excluding carboxylic acids is 2. The van der Waals surface area contributed by atoms with Crippen LogP contribution >= 0.6 is 0 Å². The third kappa shape index (κ3) is 6.07. The summed E-state index contributed by atoms with van der Waals surface area (Å²) in [6, 6.07) is 17.4. The van der Waals surface area contributed by atoms with Gasteiger partial charge in [0.2, 0.25) is 11.8 Å². The van der Waals surface area contributed by atoms with Gasteiger partial charge in [0.1, 0.15) is 0 Å². The van der Waals surface area contributed by atoms with Gasteiger partial charge in [-0.05, 0) is 22.6 Å². The second-order valence-electron chi connectivity index (χ2n) is 7.11. The van der Waals surface area contributed by atoms with E-state index in [0.717, 1.165) is 16.8 Å². The SMILES string of the molecule is CC(C)(C)c1ccccc1NC(=O)CCNC(=O)Cc1ccccc1. The van der Waals surface area contributed by atoms with Gasteiger partial charge in [0.05, 0.1) is 6.42 Å². The van der Waals surface area contributed by atoms with Crippen LogP contribution in [-0.4, -0.2) is 18.4 Å². The van der Waals surface area contributed by atoms with Gasteiger partial charge in [-0.3, -0.25) is 9.59 Å². The van der Waals surface area contributed by atoms with Crippen LogP contribution in [0.2, 0.25) is 0 Å². The highest BCUT2D eigenvalue weighted by Crippen LogP contribution is 2.29. The summed E-state index contributed by atoms with van der Waals surface area (Å²) in [5, 5.41) is 5.74. The number of benzene rings is 2. The summed E-state index contributed by atoms with van der Waals surface area (Å²) in [6.45, 7) is 6.67. The zero-order valence-corrected chi connectivity index (χ0v) is 15.1. The molecule has 0 radical (unpaired) electrons. The lowest BCUT2D eigenvalue weighted by Crippen LogP contribution is -2.29. The summed E-state index contributed by atoms with van der Waals surface area (Å²) in [5.74, 6) is -0.175. The summed E-state index contributed by atoms with van der Waals surface area (Å²) >= 11 is 0. The summed E-state index contributed by atoms with van der Waals surface area (Å²) in [5.41, 5.74) is 2.84. The van der Waals surface area contributed by atoms with Crippen LogP contribution in [-0.2, 0) is 21.4 Å². The molecule has 0 fully saturated rings. The Balaban J connectivity index is 1.81. The average molecular weight is 338 g/mol. The summed E-state index contributed by atoms with van der Waals surface area (Å²) < 4.78 is 0. The minimum Gasteiger partial charge on any atom is -0.355 e. The Morgan fingerprint density at radius 2 is 1.52 bits per heavy atom. The molecule has 4 heteroatoms. The van der Waals surface area contributed by atoms with E-state index in [-0.39, 0.29) is 23.7 Å². The van der Waals surface area contributed by atoms with Crippen molar-refractivity contribution in [3.8, 4) is 0 Å². The molecule has 2 rings (SSSR count). The molecule has 2 N–H and O–H groups in total. The number of hydrogen-bond donors (Lipinski definition) is 2. The van der Waals surface area contributed by atoms with E-state index in [2.05, 4.69) is 31.4 Å². The molecule has 0 spiro atoms. The van der Waals surface area contributed by atoms with Crippen molar-refractivity contribution in [1.29, 1.82) is 0 Å². The Labute approximate surface area is 149 Å². The molecule has 132 valence electrons. The number of carbonyl (C=O) groups is 2. The largest absolute Gasteiger partial charge is 0.355 e. The van der Waals surface area contributed by atoms with Gasteiger partial charge in [-0.15, -0.1) is 0 Å². The normalized spacial score (nSPS) is 11.0. The van der Waals surface area contributed by atoms with E-state index in [1.54, 1.807) is 0 Å². The second-order valence-corrected chi connectivity index (χ2v) is 7.11. The number of para-hydroxylation sites is 1. The minimum absolute atomic E-state index is 0.0478. The molecule has 0 bridgehead atoms. The fourth-order valence-corrected chi connectivity index (χ4v) is 2.62. The topological polar surface area (TPSA) is 58.2 Å². The van der Waals surface area contributed by atoms with Crippen LogP contribution in [0.5, 0.6) is 0 Å². The monoisotopic (exact) mass is 338 g/mol. The van der Waals surface area contributed by atoms with E-state index >= 15 is 0 Å². The van der Waals surface area contributed by atoms with Gasteiger partial charge in [-0.25, -0.2) is 0 Å². The Bertz CT molecular complexity index is 718. The molecule has 0 saturated carbocycles. The Kier molecular flexibility index (Phi) is 6.34. The van der Waals surface area contributed by atoms with Crippen molar-refractivity contribution >= 4 is 17.5 Å². The van der Waals surface area contributed by atoms with Crippen LogP contribution in [0.4, 0.5) is 5.69 Å². The van der Waals surface area contributed by atoms with E-state index in [1.165, 1.54) is 0 Å². The molecule has 2 aromatic carbocycles. The van der Waals surface area contributed by atoms with Gasteiger partial charge in [-0.1, -0.05) is 69.3 Å². The molecule has 0 unspecified atom stereocenters. The third-order valence-corrected chi connectivity index (χ3v) is 3.89. The fraction of sp³-hybridized carbons (Fsp3) is 0.333. The van der Waals surface area contributed by atoms with Crippen molar-refractivity contribution < 1.29 is 9.59 Å². The highest BCUT2D eigenvalue weighted by Gasteiger charge is 2.18. The van der Waals surface area contributed by atoms with Crippen molar-refractivity contribution in [3.63, 3.8) is 0 Å². The van der Waals surface area contributed by atoms with Crippen molar-refractivity contribution in [2.24, 2.45) is 0 Å². The maximum absolute atomic E-state index is 12.2. The molecule has 0 aromatic heterocycles. The number of hydrogen-bond acceptors (Lipinski definition) is 2. The van der Waals surface area contributed by atoms with E-state index in [0.29, 0.717) is 13.0 Å². The van der Waals surface area contributed by atoms with Crippen molar-refractivity contribution in [1.82, 2.24) is 5.32 Å². The first kappa shape index (κ1) is 18.7. The standard InChI is InChI=1S/C21H26N2O2/c1-21(2,3)17-11-7-8-12-18(17)23-19(24)13-14-22-20(25)15-16-9-5-4-6-10-16/h4-12H,13-15H2,1-3H3,(H,22,25)(H,23,24). The van der Waals surface area contributed by atoms with Crippen LogP contribution in [0.15, 0.2) is 54.6 Å². The first-order valence-electron chi connectivity index (χ1n) is 8.56. The lowest BCUT2D eigenvalue weighted by Gasteiger charge is -2.23. The van der Waals surface area contributed by atoms with Crippen LogP contribution in [0, 0.1) is 0 Å². The van der Waals surface area contributed by atoms with Crippen LogP contribution < -0.4 is 10.6 Å². The lowest BCUT2D eigenvalue weighted by atomic mass is 9.86. The molecule has 4 nitrogen and oxygen atoms in total. The van der Waals surface area contributed by atoms with E-state index in [4.69, 9.17) is 0 Å². The van der Waals surface area contributed by atoms with Gasteiger partial charge < -0.3 is 10.6 Å². The molecule has 0 aliphatic rings. The van der Waals surface area contributed by atoms with Crippen LogP contribution in [0.25, 0.3) is 0 Å². The average Bonchev–Trinajstić information content (AvgIpc) is 2.55. The first-order chi connectivity index (χ1) is 11.9. The third-order valence-electron chi connectivity index (χ3n) is 3.89. The molecule has 0 saturated heterocycles. The number of rotatable bonds is 6. The lowest BCUT2D eigenvalue weighted by molar-refractivity contribution is -0.120. The highest BCUT2D eigenvalue weighted by molar-refractivity contribution is 5.92. The Hall–Kier alpha value is -2.62. The molecule has 0 heterocycles. The van der Waals surface area contributed by atoms with Gasteiger partial charge in [-0.2, -0.15) is 0 Å². The summed E-state index contributed by atoms with van der Waals surface area (Å²) in [4.78, 5) is 24.1. The first-order valence-corrected chi connectivity index (χ1v) is 8.56. The predicted octanol–water partition coefficient (Wildman–Crippen LogP) is 3.67. The number of nitrogens with one attached hydrogen (secondary N) is 2. The second kappa shape index (κ2) is 8.47. The molecular formula is C21H26N2O2. The molecule has 0 atom stereocenters. The van der Waals surface area contributed by atoms with Gasteiger partial charge in [0.25, 0.3) is 0 Å². The van der Waals surface area contributed by atoms with Crippen molar-refractivity contribution in [2.45, 2.75) is 39.0 Å². The highest BCUT2D eigenvalue weighted by atomic mass is 16.2. The van der Waals surface area contributed by atoms with Crippen molar-refractivity contribution in [3.05, 3.63) is 65.7 Å². The Morgan fingerprint density at radius 1 is 0.880 bits per heavy atom. The molecule has 2 aromatic rings. The van der Waals surface area contributed by atoms with Crippen molar-refractivity contribution in [2.75, 3.05) is 11.9 Å². The van der Waals surface area contributed by atoms with E-state index < -0.39 is 0 Å². The molecular weight excluding hydrogens is 312 g/mol. The predicted molar refractivity (Wildman–Crippen MR) is 102 cm³/mol. The molecule has 2 amide bonds. The quantitative estimate of drug-likeness (QED) is 0.844. The van der Waals surface area contributed by atoms with Gasteiger partial charge >= 0.3 is 0 Å². The molecule has 25 heavy (non-hydrogen) atoms. The van der Waals surface area contributed by atoms with E-state index in [9.17, 15) is 9.59 Å². The van der Waals surface area contributed by atoms with Crippen LogP contribution in [0.3, 0.4) is 0 Å². The zero-order chi connectivity index (χ0) is 18.3. The number of anilines is 1. The zero-order valence-electron chi connectivity index (χ0n) is 15.1. The number of amides is 2. The smallest absolute Gasteiger partial charge is 0.226 e. The van der Waals surface area contributed by atoms with Crippen LogP contribution in [0.1, 0.15) is 38.3 Å². The maximum Gasteiger partial charge on any atom is 0.226 e. The summed E-state index contributed by atoms with van der Waals surface area (Å²) in [6.07, 6.45) is 0.578. The minimum atomic E-state index is -0.100.